The zero-order chi connectivity index (χ0) is 16.9. The maximum atomic E-state index is 6.20. The molecule has 2 aromatic rings. The highest BCUT2D eigenvalue weighted by Crippen LogP contribution is 2.19. The SMILES string of the molecule is Cc1cccc(-c2ccn(C(N)=CC(=NN)N3CCCCC3)n2)c1. The van der Waals surface area contributed by atoms with Crippen LogP contribution in [0.5, 0.6) is 0 Å². The smallest absolute Gasteiger partial charge is 0.151 e. The summed E-state index contributed by atoms with van der Waals surface area (Å²) >= 11 is 0. The van der Waals surface area contributed by atoms with Crippen LogP contribution in [0.2, 0.25) is 0 Å². The number of nitrogens with two attached hydrogens (primary N) is 2. The zero-order valence-electron chi connectivity index (χ0n) is 14.0. The maximum Gasteiger partial charge on any atom is 0.151 e. The van der Waals surface area contributed by atoms with Gasteiger partial charge in [0.05, 0.1) is 5.69 Å². The number of benzene rings is 1. The van der Waals surface area contributed by atoms with Gasteiger partial charge in [0.2, 0.25) is 0 Å². The Balaban J connectivity index is 1.80. The molecule has 0 spiro atoms. The van der Waals surface area contributed by atoms with Gasteiger partial charge >= 0.3 is 0 Å². The number of aryl methyl sites for hydroxylation is 1. The minimum absolute atomic E-state index is 0.503. The lowest BCUT2D eigenvalue weighted by molar-refractivity contribution is 0.343. The highest BCUT2D eigenvalue weighted by Gasteiger charge is 2.14. The Morgan fingerprint density at radius 3 is 2.71 bits per heavy atom. The molecule has 1 fully saturated rings. The molecule has 0 radical (unpaired) electrons. The van der Waals surface area contributed by atoms with Crippen molar-refractivity contribution in [2.45, 2.75) is 26.2 Å². The summed E-state index contributed by atoms with van der Waals surface area (Å²) in [5.74, 6) is 6.77. The highest BCUT2D eigenvalue weighted by atomic mass is 15.3. The summed E-state index contributed by atoms with van der Waals surface area (Å²) < 4.78 is 1.66. The first-order valence-electron chi connectivity index (χ1n) is 8.30. The average molecular weight is 324 g/mol. The summed E-state index contributed by atoms with van der Waals surface area (Å²) in [5.41, 5.74) is 9.36. The third-order valence-corrected chi connectivity index (χ3v) is 4.26. The van der Waals surface area contributed by atoms with Crippen molar-refractivity contribution in [1.29, 1.82) is 0 Å². The van der Waals surface area contributed by atoms with E-state index in [1.54, 1.807) is 10.8 Å². The van der Waals surface area contributed by atoms with E-state index in [2.05, 4.69) is 34.2 Å². The van der Waals surface area contributed by atoms with Gasteiger partial charge in [0, 0.05) is 30.9 Å². The lowest BCUT2D eigenvalue weighted by Crippen LogP contribution is -2.36. The molecule has 1 aliphatic rings. The molecule has 3 rings (SSSR count). The fraction of sp³-hybridized carbons (Fsp3) is 0.333. The molecule has 6 heteroatoms. The topological polar surface area (TPSA) is 85.5 Å². The van der Waals surface area contributed by atoms with E-state index in [-0.39, 0.29) is 0 Å². The number of rotatable bonds is 3. The summed E-state index contributed by atoms with van der Waals surface area (Å²) in [6, 6.07) is 10.2. The summed E-state index contributed by atoms with van der Waals surface area (Å²) in [6.07, 6.45) is 7.22. The first kappa shape index (κ1) is 16.1. The lowest BCUT2D eigenvalue weighted by Gasteiger charge is -2.28. The summed E-state index contributed by atoms with van der Waals surface area (Å²) in [6.45, 7) is 4.00. The van der Waals surface area contributed by atoms with Crippen molar-refractivity contribution < 1.29 is 0 Å². The predicted octanol–water partition coefficient (Wildman–Crippen LogP) is 2.37. The first-order chi connectivity index (χ1) is 11.7. The molecule has 2 heterocycles. The molecular weight excluding hydrogens is 300 g/mol. The van der Waals surface area contributed by atoms with Crippen LogP contribution in [-0.4, -0.2) is 33.6 Å². The Bertz CT molecular complexity index is 752. The molecule has 0 saturated carbocycles. The molecule has 6 nitrogen and oxygen atoms in total. The second-order valence-electron chi connectivity index (χ2n) is 6.12. The first-order valence-corrected chi connectivity index (χ1v) is 8.30. The quantitative estimate of drug-likeness (QED) is 0.393. The molecular formula is C18H24N6. The molecule has 126 valence electrons. The van der Waals surface area contributed by atoms with Crippen LogP contribution in [0.4, 0.5) is 0 Å². The Morgan fingerprint density at radius 1 is 1.21 bits per heavy atom. The van der Waals surface area contributed by atoms with Gasteiger partial charge in [0.25, 0.3) is 0 Å². The van der Waals surface area contributed by atoms with Gasteiger partial charge in [0.15, 0.2) is 5.84 Å². The Morgan fingerprint density at radius 2 is 2.00 bits per heavy atom. The largest absolute Gasteiger partial charge is 0.384 e. The van der Waals surface area contributed by atoms with Crippen molar-refractivity contribution >= 4 is 11.7 Å². The van der Waals surface area contributed by atoms with Crippen LogP contribution in [-0.2, 0) is 0 Å². The van der Waals surface area contributed by atoms with Crippen LogP contribution >= 0.6 is 0 Å². The van der Waals surface area contributed by atoms with Crippen molar-refractivity contribution in [2.75, 3.05) is 13.1 Å². The molecule has 0 bridgehead atoms. The Hall–Kier alpha value is -2.76. The number of likely N-dealkylation sites (tertiary alicyclic amines) is 1. The van der Waals surface area contributed by atoms with Crippen molar-refractivity contribution in [1.82, 2.24) is 14.7 Å². The summed E-state index contributed by atoms with van der Waals surface area (Å²) in [4.78, 5) is 2.17. The average Bonchev–Trinajstić information content (AvgIpc) is 3.10. The van der Waals surface area contributed by atoms with E-state index in [0.29, 0.717) is 11.7 Å². The van der Waals surface area contributed by atoms with Crippen LogP contribution in [0.25, 0.3) is 17.1 Å². The minimum atomic E-state index is 0.503. The third-order valence-electron chi connectivity index (χ3n) is 4.26. The molecule has 0 atom stereocenters. The molecule has 1 aromatic heterocycles. The van der Waals surface area contributed by atoms with Gasteiger partial charge in [-0.2, -0.15) is 10.2 Å². The monoisotopic (exact) mass is 324 g/mol. The van der Waals surface area contributed by atoms with E-state index in [4.69, 9.17) is 11.6 Å². The zero-order valence-corrected chi connectivity index (χ0v) is 14.0. The Labute approximate surface area is 142 Å². The number of amidine groups is 1. The fourth-order valence-corrected chi connectivity index (χ4v) is 2.96. The van der Waals surface area contributed by atoms with Gasteiger partial charge in [0.1, 0.15) is 5.82 Å². The van der Waals surface area contributed by atoms with Crippen molar-refractivity contribution in [2.24, 2.45) is 16.7 Å². The van der Waals surface area contributed by atoms with Crippen LogP contribution in [0.1, 0.15) is 24.8 Å². The van der Waals surface area contributed by atoms with Crippen LogP contribution in [0, 0.1) is 6.92 Å². The standard InChI is InChI=1S/C18H24N6/c1-14-6-5-7-15(12-14)16-8-11-24(22-16)17(19)13-18(21-20)23-9-3-2-4-10-23/h5-8,11-13H,2-4,9-10,19-20H2,1H3. The molecule has 24 heavy (non-hydrogen) atoms. The molecule has 1 aliphatic heterocycles. The van der Waals surface area contributed by atoms with Gasteiger partial charge in [-0.15, -0.1) is 0 Å². The number of aromatic nitrogens is 2. The van der Waals surface area contributed by atoms with E-state index < -0.39 is 0 Å². The molecule has 0 aliphatic carbocycles. The van der Waals surface area contributed by atoms with Gasteiger partial charge in [-0.1, -0.05) is 23.8 Å². The second kappa shape index (κ2) is 7.21. The van der Waals surface area contributed by atoms with Crippen LogP contribution in [0.3, 0.4) is 0 Å². The van der Waals surface area contributed by atoms with E-state index >= 15 is 0 Å². The van der Waals surface area contributed by atoms with E-state index in [0.717, 1.165) is 37.2 Å². The van der Waals surface area contributed by atoms with Crippen LogP contribution in [0.15, 0.2) is 47.7 Å². The van der Waals surface area contributed by atoms with Gasteiger partial charge < -0.3 is 16.5 Å². The van der Waals surface area contributed by atoms with Crippen molar-refractivity contribution in [3.63, 3.8) is 0 Å². The molecule has 0 unspecified atom stereocenters. The van der Waals surface area contributed by atoms with Crippen molar-refractivity contribution in [3.8, 4) is 11.3 Å². The fourth-order valence-electron chi connectivity index (χ4n) is 2.96. The van der Waals surface area contributed by atoms with E-state index in [9.17, 15) is 0 Å². The number of hydrazone groups is 1. The number of piperidine rings is 1. The van der Waals surface area contributed by atoms with E-state index in [1.165, 1.54) is 12.0 Å². The van der Waals surface area contributed by atoms with Gasteiger partial charge in [-0.3, -0.25) is 0 Å². The van der Waals surface area contributed by atoms with Gasteiger partial charge in [-0.25, -0.2) is 4.68 Å². The molecule has 0 amide bonds. The molecule has 1 aromatic carbocycles. The predicted molar refractivity (Wildman–Crippen MR) is 97.9 cm³/mol. The number of hydrogen-bond donors (Lipinski definition) is 2. The summed E-state index contributed by atoms with van der Waals surface area (Å²) in [7, 11) is 0. The Kier molecular flexibility index (Phi) is 4.84. The maximum absolute atomic E-state index is 6.20. The minimum Gasteiger partial charge on any atom is -0.384 e. The lowest BCUT2D eigenvalue weighted by atomic mass is 10.1. The van der Waals surface area contributed by atoms with Crippen LogP contribution < -0.4 is 11.6 Å². The summed E-state index contributed by atoms with van der Waals surface area (Å²) in [5, 5.41) is 8.46. The normalized spacial score (nSPS) is 16.5. The molecule has 4 N–H and O–H groups in total. The third kappa shape index (κ3) is 3.59. The highest BCUT2D eigenvalue weighted by molar-refractivity contribution is 5.96. The molecule has 1 saturated heterocycles. The van der Waals surface area contributed by atoms with Gasteiger partial charge in [-0.05, 0) is 38.3 Å². The second-order valence-corrected chi connectivity index (χ2v) is 6.12. The van der Waals surface area contributed by atoms with Crippen molar-refractivity contribution in [3.05, 3.63) is 48.2 Å². The number of hydrogen-bond acceptors (Lipinski definition) is 4. The number of nitrogens with zero attached hydrogens (tertiary/aromatic N) is 4. The van der Waals surface area contributed by atoms with E-state index in [1.807, 2.05) is 24.4 Å².